The standard InChI is InChI=1S/C24H34N4O2S/c29-24(26-11-14-27-15-17-30-18-16-27)20-3-5-22(6-4-20)28-12-8-21(9-13-28)25-10-7-23-2-1-19-31-23/h1-6,19,21,25H,7-18H2,(H,26,29). The molecule has 0 aliphatic carbocycles. The molecule has 1 amide bonds. The van der Waals surface area contributed by atoms with Gasteiger partial charge in [-0.05, 0) is 55.0 Å². The van der Waals surface area contributed by atoms with E-state index in [0.29, 0.717) is 12.6 Å². The Kier molecular flexibility index (Phi) is 8.35. The molecule has 2 aliphatic rings. The Morgan fingerprint density at radius 3 is 2.52 bits per heavy atom. The van der Waals surface area contributed by atoms with Gasteiger partial charge in [-0.25, -0.2) is 0 Å². The largest absolute Gasteiger partial charge is 0.379 e. The van der Waals surface area contributed by atoms with Crippen LogP contribution in [0.25, 0.3) is 0 Å². The third-order valence-electron chi connectivity index (χ3n) is 6.19. The van der Waals surface area contributed by atoms with Gasteiger partial charge in [0.2, 0.25) is 0 Å². The molecule has 7 heteroatoms. The Bertz CT molecular complexity index is 782. The minimum absolute atomic E-state index is 0.00783. The molecule has 168 valence electrons. The molecular weight excluding hydrogens is 408 g/mol. The molecule has 3 heterocycles. The summed E-state index contributed by atoms with van der Waals surface area (Å²) < 4.78 is 5.36. The molecule has 2 fully saturated rings. The summed E-state index contributed by atoms with van der Waals surface area (Å²) in [5.41, 5.74) is 1.94. The van der Waals surface area contributed by atoms with Crippen molar-refractivity contribution < 1.29 is 9.53 Å². The summed E-state index contributed by atoms with van der Waals surface area (Å²) in [5.74, 6) is 0.00783. The van der Waals surface area contributed by atoms with Crippen molar-refractivity contribution in [2.45, 2.75) is 25.3 Å². The van der Waals surface area contributed by atoms with Crippen LogP contribution in [-0.2, 0) is 11.2 Å². The molecule has 0 unspecified atom stereocenters. The van der Waals surface area contributed by atoms with E-state index in [2.05, 4.69) is 50.1 Å². The predicted octanol–water partition coefficient (Wildman–Crippen LogP) is 2.61. The molecular formula is C24H34N4O2S. The zero-order valence-electron chi connectivity index (χ0n) is 18.2. The van der Waals surface area contributed by atoms with Crippen LogP contribution in [0.4, 0.5) is 5.69 Å². The summed E-state index contributed by atoms with van der Waals surface area (Å²) in [7, 11) is 0. The maximum atomic E-state index is 12.4. The van der Waals surface area contributed by atoms with Gasteiger partial charge < -0.3 is 20.3 Å². The Balaban J connectivity index is 1.15. The first kappa shape index (κ1) is 22.3. The van der Waals surface area contributed by atoms with E-state index in [4.69, 9.17) is 4.74 Å². The van der Waals surface area contributed by atoms with E-state index >= 15 is 0 Å². The van der Waals surface area contributed by atoms with E-state index in [1.54, 1.807) is 0 Å². The monoisotopic (exact) mass is 442 g/mol. The smallest absolute Gasteiger partial charge is 0.251 e. The number of hydrogen-bond acceptors (Lipinski definition) is 6. The molecule has 2 aromatic rings. The Hall–Kier alpha value is -1.93. The van der Waals surface area contributed by atoms with Crippen LogP contribution in [0.1, 0.15) is 28.1 Å². The second-order valence-electron chi connectivity index (χ2n) is 8.30. The van der Waals surface area contributed by atoms with Gasteiger partial charge in [-0.1, -0.05) is 6.07 Å². The number of anilines is 1. The SMILES string of the molecule is O=C(NCCN1CCOCC1)c1ccc(N2CCC(NCCc3cccs3)CC2)cc1. The number of amides is 1. The summed E-state index contributed by atoms with van der Waals surface area (Å²) in [4.78, 5) is 18.6. The van der Waals surface area contributed by atoms with Crippen LogP contribution in [0.3, 0.4) is 0 Å². The number of piperidine rings is 1. The van der Waals surface area contributed by atoms with Gasteiger partial charge in [0.05, 0.1) is 13.2 Å². The van der Waals surface area contributed by atoms with Gasteiger partial charge in [0.1, 0.15) is 0 Å². The lowest BCUT2D eigenvalue weighted by Gasteiger charge is -2.34. The molecule has 2 N–H and O–H groups in total. The van der Waals surface area contributed by atoms with Gasteiger partial charge in [-0.2, -0.15) is 0 Å². The van der Waals surface area contributed by atoms with Crippen LogP contribution in [-0.4, -0.2) is 75.9 Å². The molecule has 1 aromatic carbocycles. The maximum Gasteiger partial charge on any atom is 0.251 e. The van der Waals surface area contributed by atoms with Gasteiger partial charge in [0, 0.05) is 68.0 Å². The molecule has 2 aliphatic heterocycles. The molecule has 0 bridgehead atoms. The number of morpholine rings is 1. The summed E-state index contributed by atoms with van der Waals surface area (Å²) >= 11 is 1.84. The fraction of sp³-hybridized carbons (Fsp3) is 0.542. The zero-order valence-corrected chi connectivity index (χ0v) is 19.0. The predicted molar refractivity (Wildman–Crippen MR) is 127 cm³/mol. The summed E-state index contributed by atoms with van der Waals surface area (Å²) in [6.45, 7) is 8.20. The molecule has 0 radical (unpaired) electrons. The molecule has 6 nitrogen and oxygen atoms in total. The first-order chi connectivity index (χ1) is 15.3. The van der Waals surface area contributed by atoms with E-state index in [0.717, 1.165) is 77.3 Å². The highest BCUT2D eigenvalue weighted by molar-refractivity contribution is 7.09. The number of rotatable bonds is 9. The summed E-state index contributed by atoms with van der Waals surface area (Å²) in [6, 6.07) is 13.0. The van der Waals surface area contributed by atoms with Crippen LogP contribution in [0.15, 0.2) is 41.8 Å². The van der Waals surface area contributed by atoms with Crippen molar-refractivity contribution >= 4 is 22.9 Å². The lowest BCUT2D eigenvalue weighted by atomic mass is 10.0. The lowest BCUT2D eigenvalue weighted by molar-refractivity contribution is 0.0383. The van der Waals surface area contributed by atoms with Crippen molar-refractivity contribution in [2.75, 3.05) is 63.9 Å². The third-order valence-corrected chi connectivity index (χ3v) is 7.13. The number of ether oxygens (including phenoxy) is 1. The number of carbonyl (C=O) groups excluding carboxylic acids is 1. The van der Waals surface area contributed by atoms with Crippen LogP contribution in [0.2, 0.25) is 0 Å². The van der Waals surface area contributed by atoms with Crippen LogP contribution in [0, 0.1) is 0 Å². The number of thiophene rings is 1. The van der Waals surface area contributed by atoms with Crippen molar-refractivity contribution in [3.05, 3.63) is 52.2 Å². The second kappa shape index (κ2) is 11.6. The number of nitrogens with one attached hydrogen (secondary N) is 2. The topological polar surface area (TPSA) is 56.8 Å². The van der Waals surface area contributed by atoms with Crippen molar-refractivity contribution in [1.29, 1.82) is 0 Å². The van der Waals surface area contributed by atoms with E-state index < -0.39 is 0 Å². The first-order valence-corrected chi connectivity index (χ1v) is 12.3. The van der Waals surface area contributed by atoms with Crippen molar-refractivity contribution in [3.63, 3.8) is 0 Å². The van der Waals surface area contributed by atoms with E-state index in [-0.39, 0.29) is 5.91 Å². The molecule has 2 saturated heterocycles. The second-order valence-corrected chi connectivity index (χ2v) is 9.33. The maximum absolute atomic E-state index is 12.4. The van der Waals surface area contributed by atoms with Crippen LogP contribution in [0.5, 0.6) is 0 Å². The van der Waals surface area contributed by atoms with Crippen molar-refractivity contribution in [2.24, 2.45) is 0 Å². The third kappa shape index (κ3) is 6.77. The number of benzene rings is 1. The summed E-state index contributed by atoms with van der Waals surface area (Å²) in [6.07, 6.45) is 3.44. The van der Waals surface area contributed by atoms with Crippen molar-refractivity contribution in [3.8, 4) is 0 Å². The van der Waals surface area contributed by atoms with E-state index in [9.17, 15) is 4.79 Å². The quantitative estimate of drug-likeness (QED) is 0.625. The van der Waals surface area contributed by atoms with E-state index in [1.165, 1.54) is 10.6 Å². The molecule has 1 aromatic heterocycles. The average Bonchev–Trinajstić information content (AvgIpc) is 3.34. The molecule has 31 heavy (non-hydrogen) atoms. The zero-order chi connectivity index (χ0) is 21.3. The minimum Gasteiger partial charge on any atom is -0.379 e. The molecule has 0 spiro atoms. The van der Waals surface area contributed by atoms with Crippen LogP contribution >= 0.6 is 11.3 Å². The Morgan fingerprint density at radius 1 is 1.03 bits per heavy atom. The average molecular weight is 443 g/mol. The highest BCUT2D eigenvalue weighted by Gasteiger charge is 2.19. The number of carbonyl (C=O) groups is 1. The van der Waals surface area contributed by atoms with Gasteiger partial charge >= 0.3 is 0 Å². The fourth-order valence-electron chi connectivity index (χ4n) is 4.27. The number of hydrogen-bond donors (Lipinski definition) is 2. The van der Waals surface area contributed by atoms with E-state index in [1.807, 2.05) is 23.5 Å². The highest BCUT2D eigenvalue weighted by atomic mass is 32.1. The van der Waals surface area contributed by atoms with Gasteiger partial charge in [-0.15, -0.1) is 11.3 Å². The Labute approximate surface area is 189 Å². The normalized spacial score (nSPS) is 18.3. The lowest BCUT2D eigenvalue weighted by Crippen LogP contribution is -2.43. The minimum atomic E-state index is 0.00783. The first-order valence-electron chi connectivity index (χ1n) is 11.5. The molecule has 4 rings (SSSR count). The number of nitrogens with zero attached hydrogens (tertiary/aromatic N) is 2. The molecule has 0 atom stereocenters. The van der Waals surface area contributed by atoms with Crippen molar-refractivity contribution in [1.82, 2.24) is 15.5 Å². The van der Waals surface area contributed by atoms with Gasteiger partial charge in [0.25, 0.3) is 5.91 Å². The van der Waals surface area contributed by atoms with Crippen LogP contribution < -0.4 is 15.5 Å². The summed E-state index contributed by atoms with van der Waals surface area (Å²) in [5, 5.41) is 8.90. The highest BCUT2D eigenvalue weighted by Crippen LogP contribution is 2.21. The van der Waals surface area contributed by atoms with Gasteiger partial charge in [-0.3, -0.25) is 9.69 Å². The van der Waals surface area contributed by atoms with Gasteiger partial charge in [0.15, 0.2) is 0 Å². The molecule has 0 saturated carbocycles. The fourth-order valence-corrected chi connectivity index (χ4v) is 4.98. The Morgan fingerprint density at radius 2 is 1.81 bits per heavy atom.